The molecule has 0 saturated carbocycles. The zero-order chi connectivity index (χ0) is 7.28. The van der Waals surface area contributed by atoms with Crippen LogP contribution in [0.3, 0.4) is 0 Å². The van der Waals surface area contributed by atoms with Gasteiger partial charge in [0, 0.05) is 0 Å². The van der Waals surface area contributed by atoms with E-state index >= 15 is 0 Å². The van der Waals surface area contributed by atoms with Crippen molar-refractivity contribution in [2.24, 2.45) is 5.73 Å². The minimum atomic E-state index is -0.890. The minimum absolute atomic E-state index is 0. The fourth-order valence-electron chi connectivity index (χ4n) is 0.368. The van der Waals surface area contributed by atoms with Gasteiger partial charge in [-0.05, 0) is 0 Å². The Kier molecular flexibility index (Phi) is 8.83. The van der Waals surface area contributed by atoms with E-state index in [9.17, 15) is 4.79 Å². The van der Waals surface area contributed by atoms with Crippen LogP contribution in [0.25, 0.3) is 0 Å². The number of aliphatic carboxylic acids is 1. The van der Waals surface area contributed by atoms with Gasteiger partial charge in [-0.1, -0.05) is 0 Å². The van der Waals surface area contributed by atoms with Crippen LogP contribution in [0.15, 0.2) is 0 Å². The van der Waals surface area contributed by atoms with Crippen LogP contribution in [-0.4, -0.2) is 37.6 Å². The smallest absolute Gasteiger partial charge is 0.412 e. The predicted octanol–water partition coefficient (Wildman–Crippen LogP) is -0.866. The van der Waals surface area contributed by atoms with Gasteiger partial charge in [0.25, 0.3) is 0 Å². The molecule has 0 aliphatic carbocycles. The van der Waals surface area contributed by atoms with Gasteiger partial charge in [-0.2, -0.15) is 0 Å². The zero-order valence-corrected chi connectivity index (χ0v) is 7.55. The Balaban J connectivity index is 0. The SMILES string of the molecule is C[Se]CC[C@H](N)C(=O)O.O. The van der Waals surface area contributed by atoms with Crippen LogP contribution in [0.2, 0.25) is 11.1 Å². The molecule has 0 aromatic rings. The molecular weight excluding hydrogens is 201 g/mol. The van der Waals surface area contributed by atoms with Crippen molar-refractivity contribution in [1.82, 2.24) is 0 Å². The van der Waals surface area contributed by atoms with Gasteiger partial charge >= 0.3 is 60.2 Å². The van der Waals surface area contributed by atoms with Crippen molar-refractivity contribution in [3.8, 4) is 0 Å². The Labute approximate surface area is 66.3 Å². The molecule has 1 atom stereocenters. The number of carbonyl (C=O) groups is 1. The first-order valence-electron chi connectivity index (χ1n) is 2.65. The van der Waals surface area contributed by atoms with Gasteiger partial charge in [0.2, 0.25) is 0 Å². The molecule has 0 heterocycles. The van der Waals surface area contributed by atoms with Crippen LogP contribution in [0, 0.1) is 0 Å². The Bertz CT molecular complexity index is 98.9. The topological polar surface area (TPSA) is 94.8 Å². The molecule has 4 nitrogen and oxygen atoms in total. The third-order valence-electron chi connectivity index (χ3n) is 0.950. The van der Waals surface area contributed by atoms with Gasteiger partial charge in [0.1, 0.15) is 0 Å². The summed E-state index contributed by atoms with van der Waals surface area (Å²) in [5.41, 5.74) is 5.21. The Hall–Kier alpha value is -0.0905. The molecule has 10 heavy (non-hydrogen) atoms. The number of rotatable bonds is 4. The summed E-state index contributed by atoms with van der Waals surface area (Å²) in [6.07, 6.45) is 0.617. The summed E-state index contributed by atoms with van der Waals surface area (Å²) in [5.74, 6) is 1.18. The molecule has 0 aliphatic heterocycles. The maximum Gasteiger partial charge on any atom is -0.412 e. The molecule has 0 saturated heterocycles. The van der Waals surface area contributed by atoms with Crippen LogP contribution < -0.4 is 5.73 Å². The van der Waals surface area contributed by atoms with Crippen molar-refractivity contribution in [3.63, 3.8) is 0 Å². The molecule has 0 amide bonds. The predicted molar refractivity (Wildman–Crippen MR) is 40.3 cm³/mol. The van der Waals surface area contributed by atoms with Crippen molar-refractivity contribution in [2.45, 2.75) is 23.6 Å². The largest absolute Gasteiger partial charge is 0.412 e. The van der Waals surface area contributed by atoms with Crippen LogP contribution in [-0.2, 0) is 4.79 Å². The first-order chi connectivity index (χ1) is 4.18. The summed E-state index contributed by atoms with van der Waals surface area (Å²) >= 11 is 0.549. The Morgan fingerprint density at radius 3 is 2.60 bits per heavy atom. The van der Waals surface area contributed by atoms with E-state index in [1.165, 1.54) is 0 Å². The molecule has 0 radical (unpaired) electrons. The van der Waals surface area contributed by atoms with Crippen LogP contribution in [0.5, 0.6) is 0 Å². The van der Waals surface area contributed by atoms with Crippen molar-refractivity contribution in [1.29, 1.82) is 0 Å². The summed E-state index contributed by atoms with van der Waals surface area (Å²) in [5, 5.41) is 9.25. The average Bonchev–Trinajstić information content (AvgIpc) is 1.82. The normalized spacial score (nSPS) is 11.8. The fraction of sp³-hybridized carbons (Fsp3) is 0.800. The van der Waals surface area contributed by atoms with Gasteiger partial charge in [-0.3, -0.25) is 0 Å². The van der Waals surface area contributed by atoms with Crippen LogP contribution in [0.4, 0.5) is 0 Å². The first kappa shape index (κ1) is 12.6. The third kappa shape index (κ3) is 6.04. The van der Waals surface area contributed by atoms with Gasteiger partial charge in [0.05, 0.1) is 0 Å². The Morgan fingerprint density at radius 1 is 1.80 bits per heavy atom. The molecule has 0 aliphatic rings. The molecule has 5 N–H and O–H groups in total. The molecule has 0 aromatic heterocycles. The quantitative estimate of drug-likeness (QED) is 0.595. The minimum Gasteiger partial charge on any atom is -0.412 e. The summed E-state index contributed by atoms with van der Waals surface area (Å²) in [6.45, 7) is 0. The van der Waals surface area contributed by atoms with Crippen LogP contribution in [0.1, 0.15) is 6.42 Å². The molecule has 0 aromatic carbocycles. The second-order valence-corrected chi connectivity index (χ2v) is 3.79. The number of carboxylic acid groups (broad SMARTS) is 1. The van der Waals surface area contributed by atoms with Gasteiger partial charge < -0.3 is 5.48 Å². The number of hydrogen-bond acceptors (Lipinski definition) is 2. The van der Waals surface area contributed by atoms with Crippen LogP contribution >= 0.6 is 0 Å². The number of nitrogens with two attached hydrogens (primary N) is 1. The van der Waals surface area contributed by atoms with Gasteiger partial charge in [0.15, 0.2) is 0 Å². The van der Waals surface area contributed by atoms with E-state index in [2.05, 4.69) is 5.82 Å². The van der Waals surface area contributed by atoms with E-state index in [1.54, 1.807) is 0 Å². The van der Waals surface area contributed by atoms with E-state index in [-0.39, 0.29) is 5.48 Å². The van der Waals surface area contributed by atoms with E-state index in [4.69, 9.17) is 10.8 Å². The molecule has 0 fully saturated rings. The van der Waals surface area contributed by atoms with Crippen molar-refractivity contribution in [3.05, 3.63) is 0 Å². The van der Waals surface area contributed by atoms with Crippen molar-refractivity contribution < 1.29 is 15.4 Å². The van der Waals surface area contributed by atoms with Crippen molar-refractivity contribution in [2.75, 3.05) is 0 Å². The summed E-state index contributed by atoms with van der Waals surface area (Å²) in [7, 11) is 0. The van der Waals surface area contributed by atoms with Gasteiger partial charge in [-0.15, -0.1) is 0 Å². The second-order valence-electron chi connectivity index (χ2n) is 1.73. The van der Waals surface area contributed by atoms with E-state index < -0.39 is 12.0 Å². The number of carboxylic acids is 1. The van der Waals surface area contributed by atoms with Crippen molar-refractivity contribution >= 4 is 20.9 Å². The first-order valence-corrected chi connectivity index (χ1v) is 5.58. The number of hydrogen-bond donors (Lipinski definition) is 2. The zero-order valence-electron chi connectivity index (χ0n) is 5.83. The molecule has 0 bridgehead atoms. The molecule has 0 unspecified atom stereocenters. The van der Waals surface area contributed by atoms with E-state index in [1.807, 2.05) is 0 Å². The maximum atomic E-state index is 10.1. The Morgan fingerprint density at radius 2 is 2.30 bits per heavy atom. The summed E-state index contributed by atoms with van der Waals surface area (Å²) in [4.78, 5) is 10.1. The average molecular weight is 214 g/mol. The molecule has 62 valence electrons. The molecule has 0 rings (SSSR count). The fourth-order valence-corrected chi connectivity index (χ4v) is 1.40. The summed E-state index contributed by atoms with van der Waals surface area (Å²) < 4.78 is 0. The standard InChI is InChI=1S/C5H11NO2Se.H2O/c1-9-3-2-4(6)5(7)8;/h4H,2-3,6H2,1H3,(H,7,8);1H2/t4-;/m0./s1. The van der Waals surface area contributed by atoms with E-state index in [0.717, 1.165) is 5.32 Å². The summed E-state index contributed by atoms with van der Waals surface area (Å²) in [6, 6.07) is -0.646. The molecular formula is C5H13NO3Se. The maximum absolute atomic E-state index is 10.1. The molecule has 0 spiro atoms. The second kappa shape index (κ2) is 7.02. The van der Waals surface area contributed by atoms with E-state index in [0.29, 0.717) is 21.4 Å². The molecule has 5 heteroatoms. The van der Waals surface area contributed by atoms with Gasteiger partial charge in [-0.25, -0.2) is 0 Å². The monoisotopic (exact) mass is 215 g/mol. The third-order valence-corrected chi connectivity index (χ3v) is 2.30.